The summed E-state index contributed by atoms with van der Waals surface area (Å²) in [4.78, 5) is 2.67. The third-order valence-electron chi connectivity index (χ3n) is 5.09. The second kappa shape index (κ2) is 4.87. The second-order valence-corrected chi connectivity index (χ2v) is 6.26. The normalized spacial score (nSPS) is 37.2. The molecule has 0 aromatic rings. The molecule has 2 N–H and O–H groups in total. The molecule has 0 amide bonds. The number of ether oxygens (including phenoxy) is 1. The predicted octanol–water partition coefficient (Wildman–Crippen LogP) is 1.90. The highest BCUT2D eigenvalue weighted by Gasteiger charge is 2.37. The summed E-state index contributed by atoms with van der Waals surface area (Å²) in [6.45, 7) is 3.25. The summed E-state index contributed by atoms with van der Waals surface area (Å²) in [5.41, 5.74) is 6.51. The molecule has 0 spiro atoms. The molecule has 3 fully saturated rings. The van der Waals surface area contributed by atoms with Crippen molar-refractivity contribution in [3.8, 4) is 0 Å². The SMILES string of the molecule is NC1(CCN2CCOC3CCCCC32)CCC1. The first-order chi connectivity index (χ1) is 8.27. The van der Waals surface area contributed by atoms with Gasteiger partial charge in [-0.15, -0.1) is 0 Å². The molecule has 2 aliphatic carbocycles. The number of rotatable bonds is 3. The summed E-state index contributed by atoms with van der Waals surface area (Å²) in [6.07, 6.45) is 10.9. The minimum atomic E-state index is 0.183. The van der Waals surface area contributed by atoms with Crippen LogP contribution in [0.1, 0.15) is 51.4 Å². The predicted molar refractivity (Wildman–Crippen MR) is 69.0 cm³/mol. The molecule has 17 heavy (non-hydrogen) atoms. The van der Waals surface area contributed by atoms with E-state index in [1.54, 1.807) is 0 Å². The summed E-state index contributed by atoms with van der Waals surface area (Å²) < 4.78 is 5.91. The van der Waals surface area contributed by atoms with E-state index in [1.807, 2.05) is 0 Å². The van der Waals surface area contributed by atoms with Crippen molar-refractivity contribution in [2.45, 2.75) is 69.1 Å². The molecule has 3 heteroatoms. The van der Waals surface area contributed by atoms with Crippen molar-refractivity contribution in [1.29, 1.82) is 0 Å². The highest BCUT2D eigenvalue weighted by Crippen LogP contribution is 2.34. The molecule has 3 nitrogen and oxygen atoms in total. The van der Waals surface area contributed by atoms with Crippen molar-refractivity contribution >= 4 is 0 Å². The van der Waals surface area contributed by atoms with Crippen LogP contribution in [0.2, 0.25) is 0 Å². The highest BCUT2D eigenvalue weighted by atomic mass is 16.5. The van der Waals surface area contributed by atoms with Gasteiger partial charge in [-0.25, -0.2) is 0 Å². The van der Waals surface area contributed by atoms with Crippen LogP contribution in [0, 0.1) is 0 Å². The van der Waals surface area contributed by atoms with Crippen LogP contribution in [0.4, 0.5) is 0 Å². The fourth-order valence-electron chi connectivity index (χ4n) is 3.70. The van der Waals surface area contributed by atoms with Crippen LogP contribution in [0.15, 0.2) is 0 Å². The molecule has 2 unspecified atom stereocenters. The first-order valence-electron chi connectivity index (χ1n) is 7.41. The molecule has 0 aromatic carbocycles. The van der Waals surface area contributed by atoms with Gasteiger partial charge in [0.05, 0.1) is 12.7 Å². The molecule has 1 saturated heterocycles. The molecule has 0 radical (unpaired) electrons. The molecule has 3 aliphatic rings. The van der Waals surface area contributed by atoms with Gasteiger partial charge in [0.1, 0.15) is 0 Å². The lowest BCUT2D eigenvalue weighted by atomic mass is 9.75. The average molecular weight is 238 g/mol. The van der Waals surface area contributed by atoms with Gasteiger partial charge in [0, 0.05) is 24.7 Å². The topological polar surface area (TPSA) is 38.5 Å². The van der Waals surface area contributed by atoms with Crippen LogP contribution < -0.4 is 5.73 Å². The van der Waals surface area contributed by atoms with Gasteiger partial charge < -0.3 is 10.5 Å². The molecular formula is C14H26N2O. The minimum Gasteiger partial charge on any atom is -0.375 e. The molecule has 0 bridgehead atoms. The number of hydrogen-bond donors (Lipinski definition) is 1. The summed E-state index contributed by atoms with van der Waals surface area (Å²) >= 11 is 0. The van der Waals surface area contributed by atoms with Crippen LogP contribution >= 0.6 is 0 Å². The second-order valence-electron chi connectivity index (χ2n) is 6.26. The Hall–Kier alpha value is -0.120. The molecule has 0 aromatic heterocycles. The van der Waals surface area contributed by atoms with Crippen molar-refractivity contribution in [3.05, 3.63) is 0 Å². The summed E-state index contributed by atoms with van der Waals surface area (Å²) in [7, 11) is 0. The van der Waals surface area contributed by atoms with Crippen LogP contribution in [0.25, 0.3) is 0 Å². The number of nitrogens with two attached hydrogens (primary N) is 1. The number of fused-ring (bicyclic) bond motifs is 1. The van der Waals surface area contributed by atoms with Crippen molar-refractivity contribution in [3.63, 3.8) is 0 Å². The zero-order valence-corrected chi connectivity index (χ0v) is 10.9. The fraction of sp³-hybridized carbons (Fsp3) is 1.00. The van der Waals surface area contributed by atoms with Crippen LogP contribution in [-0.4, -0.2) is 42.3 Å². The van der Waals surface area contributed by atoms with E-state index < -0.39 is 0 Å². The third-order valence-corrected chi connectivity index (χ3v) is 5.09. The van der Waals surface area contributed by atoms with E-state index in [-0.39, 0.29) is 5.54 Å². The maximum Gasteiger partial charge on any atom is 0.0730 e. The summed E-state index contributed by atoms with van der Waals surface area (Å²) in [5.74, 6) is 0. The molecule has 1 aliphatic heterocycles. The molecule has 3 rings (SSSR count). The average Bonchev–Trinajstić information content (AvgIpc) is 2.34. The van der Waals surface area contributed by atoms with Gasteiger partial charge in [-0.3, -0.25) is 4.90 Å². The highest BCUT2D eigenvalue weighted by molar-refractivity contribution is 4.95. The van der Waals surface area contributed by atoms with Gasteiger partial charge in [-0.1, -0.05) is 12.8 Å². The molecule has 1 heterocycles. The van der Waals surface area contributed by atoms with Crippen molar-refractivity contribution in [1.82, 2.24) is 4.90 Å². The Bertz CT molecular complexity index is 263. The van der Waals surface area contributed by atoms with Gasteiger partial charge in [0.2, 0.25) is 0 Å². The van der Waals surface area contributed by atoms with Crippen molar-refractivity contribution in [2.24, 2.45) is 5.73 Å². The minimum absolute atomic E-state index is 0.183. The van der Waals surface area contributed by atoms with Gasteiger partial charge in [0.25, 0.3) is 0 Å². The van der Waals surface area contributed by atoms with Gasteiger partial charge in [0.15, 0.2) is 0 Å². The quantitative estimate of drug-likeness (QED) is 0.816. The Kier molecular flexibility index (Phi) is 3.42. The van der Waals surface area contributed by atoms with Gasteiger partial charge in [-0.2, -0.15) is 0 Å². The van der Waals surface area contributed by atoms with Crippen molar-refractivity contribution < 1.29 is 4.74 Å². The largest absolute Gasteiger partial charge is 0.375 e. The maximum absolute atomic E-state index is 6.33. The van der Waals surface area contributed by atoms with Gasteiger partial charge >= 0.3 is 0 Å². The van der Waals surface area contributed by atoms with E-state index in [1.165, 1.54) is 57.9 Å². The molecule has 2 atom stereocenters. The Morgan fingerprint density at radius 3 is 2.76 bits per heavy atom. The van der Waals surface area contributed by atoms with Crippen molar-refractivity contribution in [2.75, 3.05) is 19.7 Å². The fourth-order valence-corrected chi connectivity index (χ4v) is 3.70. The van der Waals surface area contributed by atoms with Gasteiger partial charge in [-0.05, 0) is 38.5 Å². The standard InChI is InChI=1S/C14H26N2O/c15-14(6-3-7-14)8-9-16-10-11-17-13-5-2-1-4-12(13)16/h12-13H,1-11,15H2. The molecule has 2 saturated carbocycles. The first kappa shape index (κ1) is 11.9. The Morgan fingerprint density at radius 1 is 1.18 bits per heavy atom. The molecular weight excluding hydrogens is 212 g/mol. The maximum atomic E-state index is 6.33. The van der Waals surface area contributed by atoms with Crippen LogP contribution in [0.5, 0.6) is 0 Å². The number of hydrogen-bond acceptors (Lipinski definition) is 3. The van der Waals surface area contributed by atoms with E-state index >= 15 is 0 Å². The van der Waals surface area contributed by atoms with E-state index in [2.05, 4.69) is 4.90 Å². The molecule has 98 valence electrons. The number of morpholine rings is 1. The zero-order valence-electron chi connectivity index (χ0n) is 10.9. The third kappa shape index (κ3) is 2.51. The van der Waals surface area contributed by atoms with E-state index in [0.717, 1.165) is 13.2 Å². The Balaban J connectivity index is 1.54. The van der Waals surface area contributed by atoms with Crippen LogP contribution in [-0.2, 0) is 4.74 Å². The smallest absolute Gasteiger partial charge is 0.0730 e. The Labute approximate surface area is 105 Å². The lowest BCUT2D eigenvalue weighted by Gasteiger charge is -2.46. The lowest BCUT2D eigenvalue weighted by molar-refractivity contribution is -0.0902. The first-order valence-corrected chi connectivity index (χ1v) is 7.41. The number of nitrogens with zero attached hydrogens (tertiary/aromatic N) is 1. The van der Waals surface area contributed by atoms with E-state index in [4.69, 9.17) is 10.5 Å². The van der Waals surface area contributed by atoms with E-state index in [0.29, 0.717) is 12.1 Å². The zero-order chi connectivity index (χ0) is 11.7. The van der Waals surface area contributed by atoms with E-state index in [9.17, 15) is 0 Å². The summed E-state index contributed by atoms with van der Waals surface area (Å²) in [6, 6.07) is 0.696. The Morgan fingerprint density at radius 2 is 2.00 bits per heavy atom. The van der Waals surface area contributed by atoms with Crippen LogP contribution in [0.3, 0.4) is 0 Å². The lowest BCUT2D eigenvalue weighted by Crippen LogP contribution is -2.55. The monoisotopic (exact) mass is 238 g/mol. The summed E-state index contributed by atoms with van der Waals surface area (Å²) in [5, 5.41) is 0.